The van der Waals surface area contributed by atoms with Gasteiger partial charge in [0.2, 0.25) is 0 Å². The molecule has 0 bridgehead atoms. The Bertz CT molecular complexity index is 423. The van der Waals surface area contributed by atoms with Gasteiger partial charge >= 0.3 is 12.1 Å². The number of esters is 1. The van der Waals surface area contributed by atoms with Crippen LogP contribution in [0.5, 0.6) is 0 Å². The summed E-state index contributed by atoms with van der Waals surface area (Å²) in [5, 5.41) is 2.61. The lowest BCUT2D eigenvalue weighted by molar-refractivity contribution is -0.146. The molecule has 0 saturated heterocycles. The van der Waals surface area contributed by atoms with Gasteiger partial charge in [0, 0.05) is 7.11 Å². The van der Waals surface area contributed by atoms with Crippen molar-refractivity contribution >= 4 is 23.8 Å². The summed E-state index contributed by atoms with van der Waals surface area (Å²) in [6.07, 6.45) is 18.6. The number of nitrogens with one attached hydrogen (secondary N) is 1. The molecule has 184 valence electrons. The minimum Gasteiger partial charge on any atom is -0.464 e. The van der Waals surface area contributed by atoms with E-state index in [1.54, 1.807) is 11.8 Å². The highest BCUT2D eigenvalue weighted by atomic mass is 32.2. The van der Waals surface area contributed by atoms with Crippen LogP contribution in [0.3, 0.4) is 0 Å². The monoisotopic (exact) mass is 461 g/mol. The first-order valence-electron chi connectivity index (χ1n) is 12.2. The smallest absolute Gasteiger partial charge is 0.407 e. The Morgan fingerprint density at radius 2 is 1.32 bits per heavy atom. The van der Waals surface area contributed by atoms with Crippen LogP contribution in [-0.4, -0.2) is 57.0 Å². The van der Waals surface area contributed by atoms with Crippen molar-refractivity contribution in [3.63, 3.8) is 0 Å². The van der Waals surface area contributed by atoms with E-state index in [-0.39, 0.29) is 12.6 Å². The molecule has 7 heteroatoms. The minimum absolute atomic E-state index is 0.158. The van der Waals surface area contributed by atoms with E-state index in [0.717, 1.165) is 18.6 Å². The van der Waals surface area contributed by atoms with Crippen molar-refractivity contribution in [2.45, 2.75) is 103 Å². The summed E-state index contributed by atoms with van der Waals surface area (Å²) in [6.45, 7) is 3.15. The third-order valence-corrected chi connectivity index (χ3v) is 5.84. The highest BCUT2D eigenvalue weighted by Crippen LogP contribution is 2.12. The Morgan fingerprint density at radius 1 is 0.774 bits per heavy atom. The summed E-state index contributed by atoms with van der Waals surface area (Å²) in [4.78, 5) is 24.1. The maximum Gasteiger partial charge on any atom is 0.407 e. The number of rotatable bonds is 22. The summed E-state index contributed by atoms with van der Waals surface area (Å²) in [5.74, 6) is 0.383. The molecule has 1 unspecified atom stereocenters. The van der Waals surface area contributed by atoms with E-state index < -0.39 is 12.1 Å². The molecule has 1 atom stereocenters. The number of carbonyl (C=O) groups is 2. The van der Waals surface area contributed by atoms with Gasteiger partial charge in [0.1, 0.15) is 12.6 Å². The second-order valence-electron chi connectivity index (χ2n) is 8.02. The van der Waals surface area contributed by atoms with Gasteiger partial charge in [-0.15, -0.1) is 0 Å². The summed E-state index contributed by atoms with van der Waals surface area (Å²) in [6, 6.07) is -0.663. The van der Waals surface area contributed by atoms with Crippen LogP contribution < -0.4 is 5.32 Å². The largest absolute Gasteiger partial charge is 0.464 e. The molecule has 0 aromatic rings. The number of alkyl carbamates (subject to hydrolysis) is 1. The fourth-order valence-corrected chi connectivity index (χ4v) is 3.75. The SMILES string of the molecule is CCCCCCCCCCCCCCCOC(=O)C(CCSC)NC(=O)OCCOC. The van der Waals surface area contributed by atoms with Crippen molar-refractivity contribution in [3.05, 3.63) is 0 Å². The Labute approximate surface area is 194 Å². The lowest BCUT2D eigenvalue weighted by Crippen LogP contribution is -2.42. The van der Waals surface area contributed by atoms with Crippen molar-refractivity contribution < 1.29 is 23.8 Å². The van der Waals surface area contributed by atoms with Gasteiger partial charge < -0.3 is 19.5 Å². The van der Waals surface area contributed by atoms with E-state index in [1.165, 1.54) is 77.7 Å². The van der Waals surface area contributed by atoms with Crippen molar-refractivity contribution in [1.29, 1.82) is 0 Å². The number of amides is 1. The van der Waals surface area contributed by atoms with Crippen LogP contribution in [0.1, 0.15) is 96.8 Å². The molecule has 6 nitrogen and oxygen atoms in total. The van der Waals surface area contributed by atoms with Gasteiger partial charge in [-0.25, -0.2) is 9.59 Å². The standard InChI is InChI=1S/C24H47NO5S/c1-4-5-6-7-8-9-10-11-12-13-14-15-16-18-29-23(26)22(17-21-31-3)25-24(27)30-20-19-28-2/h22H,4-21H2,1-3H3,(H,25,27). The van der Waals surface area contributed by atoms with Gasteiger partial charge in [-0.3, -0.25) is 0 Å². The van der Waals surface area contributed by atoms with Crippen LogP contribution in [0.2, 0.25) is 0 Å². The van der Waals surface area contributed by atoms with Crippen molar-refractivity contribution in [2.75, 3.05) is 38.9 Å². The zero-order valence-corrected chi connectivity index (χ0v) is 21.1. The molecule has 0 saturated carbocycles. The minimum atomic E-state index is -0.663. The third kappa shape index (κ3) is 20.7. The average Bonchev–Trinajstić information content (AvgIpc) is 2.76. The Morgan fingerprint density at radius 3 is 1.84 bits per heavy atom. The van der Waals surface area contributed by atoms with E-state index in [2.05, 4.69) is 12.2 Å². The summed E-state index contributed by atoms with van der Waals surface area (Å²) in [7, 11) is 1.54. The van der Waals surface area contributed by atoms with E-state index in [0.29, 0.717) is 19.6 Å². The molecule has 0 aliphatic carbocycles. The zero-order chi connectivity index (χ0) is 23.0. The molecule has 0 spiro atoms. The molecular formula is C24H47NO5S. The average molecular weight is 462 g/mol. The zero-order valence-electron chi connectivity index (χ0n) is 20.3. The van der Waals surface area contributed by atoms with Crippen LogP contribution in [0.4, 0.5) is 4.79 Å². The Hall–Kier alpha value is -0.950. The van der Waals surface area contributed by atoms with Crippen molar-refractivity contribution in [3.8, 4) is 0 Å². The number of thioether (sulfide) groups is 1. The van der Waals surface area contributed by atoms with Crippen LogP contribution in [0.25, 0.3) is 0 Å². The van der Waals surface area contributed by atoms with Crippen LogP contribution in [-0.2, 0) is 19.0 Å². The van der Waals surface area contributed by atoms with E-state index >= 15 is 0 Å². The van der Waals surface area contributed by atoms with Crippen molar-refractivity contribution in [1.82, 2.24) is 5.32 Å². The molecular weight excluding hydrogens is 414 g/mol. The molecule has 0 radical (unpaired) electrons. The highest BCUT2D eigenvalue weighted by molar-refractivity contribution is 7.98. The third-order valence-electron chi connectivity index (χ3n) is 5.20. The summed E-state index contributed by atoms with van der Waals surface area (Å²) >= 11 is 1.62. The number of hydrogen-bond donors (Lipinski definition) is 1. The van der Waals surface area contributed by atoms with Crippen LogP contribution >= 0.6 is 11.8 Å². The number of unbranched alkanes of at least 4 members (excludes halogenated alkanes) is 12. The molecule has 0 aliphatic rings. The quantitative estimate of drug-likeness (QED) is 0.155. The van der Waals surface area contributed by atoms with Crippen LogP contribution in [0.15, 0.2) is 0 Å². The van der Waals surface area contributed by atoms with Crippen LogP contribution in [0, 0.1) is 0 Å². The van der Waals surface area contributed by atoms with Crippen molar-refractivity contribution in [2.24, 2.45) is 0 Å². The number of carbonyl (C=O) groups excluding carboxylic acids is 2. The predicted molar refractivity (Wildman–Crippen MR) is 130 cm³/mol. The Balaban J connectivity index is 3.72. The molecule has 1 N–H and O–H groups in total. The first-order valence-corrected chi connectivity index (χ1v) is 13.6. The molecule has 0 heterocycles. The van der Waals surface area contributed by atoms with E-state index in [1.807, 2.05) is 6.26 Å². The van der Waals surface area contributed by atoms with E-state index in [4.69, 9.17) is 14.2 Å². The molecule has 0 aliphatic heterocycles. The van der Waals surface area contributed by atoms with Gasteiger partial charge in [0.05, 0.1) is 13.2 Å². The summed E-state index contributed by atoms with van der Waals surface area (Å²) in [5.41, 5.74) is 0. The highest BCUT2D eigenvalue weighted by Gasteiger charge is 2.22. The number of ether oxygens (including phenoxy) is 3. The second-order valence-corrected chi connectivity index (χ2v) is 9.00. The second kappa shape index (κ2) is 23.7. The van der Waals surface area contributed by atoms with E-state index in [9.17, 15) is 9.59 Å². The molecule has 1 amide bonds. The number of methoxy groups -OCH3 is 1. The van der Waals surface area contributed by atoms with Gasteiger partial charge in [0.15, 0.2) is 0 Å². The van der Waals surface area contributed by atoms with Gasteiger partial charge in [-0.1, -0.05) is 84.0 Å². The van der Waals surface area contributed by atoms with Gasteiger partial charge in [-0.05, 0) is 24.9 Å². The lowest BCUT2D eigenvalue weighted by atomic mass is 10.0. The molecule has 31 heavy (non-hydrogen) atoms. The Kier molecular flexibility index (Phi) is 23.0. The lowest BCUT2D eigenvalue weighted by Gasteiger charge is -2.17. The maximum atomic E-state index is 12.3. The van der Waals surface area contributed by atoms with Gasteiger partial charge in [0.25, 0.3) is 0 Å². The van der Waals surface area contributed by atoms with Gasteiger partial charge in [-0.2, -0.15) is 11.8 Å². The fraction of sp³-hybridized carbons (Fsp3) is 0.917. The molecule has 0 aromatic heterocycles. The number of hydrogen-bond acceptors (Lipinski definition) is 6. The molecule has 0 rings (SSSR count). The first-order chi connectivity index (χ1) is 15.2. The molecule has 0 aromatic carbocycles. The molecule has 0 fully saturated rings. The fourth-order valence-electron chi connectivity index (χ4n) is 3.28. The predicted octanol–water partition coefficient (Wildman–Crippen LogP) is 6.12. The first kappa shape index (κ1) is 30.0. The normalized spacial score (nSPS) is 11.8. The summed E-state index contributed by atoms with van der Waals surface area (Å²) < 4.78 is 15.2. The topological polar surface area (TPSA) is 73.9 Å². The maximum absolute atomic E-state index is 12.3.